The number of halogens is 1. The molecule has 0 unspecified atom stereocenters. The summed E-state index contributed by atoms with van der Waals surface area (Å²) in [5.74, 6) is 1.15. The van der Waals surface area contributed by atoms with Crippen LogP contribution in [0.1, 0.15) is 22.8 Å². The molecule has 142 valence electrons. The third kappa shape index (κ3) is 2.68. The van der Waals surface area contributed by atoms with Crippen molar-refractivity contribution >= 4 is 23.1 Å². The molecule has 1 aromatic heterocycles. The molecule has 0 saturated carbocycles. The molecule has 1 N–H and O–H groups in total. The van der Waals surface area contributed by atoms with E-state index < -0.39 is 0 Å². The first-order valence-corrected chi connectivity index (χ1v) is 9.44. The largest absolute Gasteiger partial charge is 0.493 e. The Morgan fingerprint density at radius 1 is 1.25 bits per heavy atom. The maximum atomic E-state index is 13.3. The number of amides is 1. The molecule has 2 aromatic carbocycles. The smallest absolute Gasteiger partial charge is 0.231 e. The first kappa shape index (κ1) is 17.0. The standard InChI is InChI=1S/C20H15FN2O4S/c1-25-14-6-11(7-15-19(14)27-9-26-15)13-8-16(24)22-18-17(23-28-20(13)18)10-2-4-12(21)5-3-10/h2-7,13H,8-9H2,1H3,(H,22,24)/t13-/m1/s1. The summed E-state index contributed by atoms with van der Waals surface area (Å²) in [7, 11) is 1.57. The van der Waals surface area contributed by atoms with Gasteiger partial charge < -0.3 is 19.5 Å². The molecule has 2 aliphatic rings. The van der Waals surface area contributed by atoms with E-state index in [-0.39, 0.29) is 24.4 Å². The maximum Gasteiger partial charge on any atom is 0.231 e. The predicted octanol–water partition coefficient (Wildman–Crippen LogP) is 4.16. The molecule has 2 aliphatic heterocycles. The highest BCUT2D eigenvalue weighted by Crippen LogP contribution is 2.49. The van der Waals surface area contributed by atoms with Gasteiger partial charge in [0.1, 0.15) is 11.5 Å². The Morgan fingerprint density at radius 3 is 2.86 bits per heavy atom. The van der Waals surface area contributed by atoms with E-state index in [1.807, 2.05) is 12.1 Å². The zero-order valence-corrected chi connectivity index (χ0v) is 15.6. The van der Waals surface area contributed by atoms with Gasteiger partial charge in [-0.3, -0.25) is 4.79 Å². The summed E-state index contributed by atoms with van der Waals surface area (Å²) in [5, 5.41) is 2.93. The zero-order valence-electron chi connectivity index (χ0n) is 14.8. The lowest BCUT2D eigenvalue weighted by Crippen LogP contribution is -2.22. The number of rotatable bonds is 3. The van der Waals surface area contributed by atoms with Gasteiger partial charge in [0.05, 0.1) is 17.7 Å². The van der Waals surface area contributed by atoms with Gasteiger partial charge in [-0.05, 0) is 53.5 Å². The molecule has 0 spiro atoms. The van der Waals surface area contributed by atoms with Gasteiger partial charge >= 0.3 is 0 Å². The van der Waals surface area contributed by atoms with E-state index in [0.717, 1.165) is 16.0 Å². The first-order chi connectivity index (χ1) is 13.6. The molecule has 3 aromatic rings. The minimum atomic E-state index is -0.317. The van der Waals surface area contributed by atoms with Crippen molar-refractivity contribution in [2.24, 2.45) is 0 Å². The van der Waals surface area contributed by atoms with Crippen LogP contribution in [-0.4, -0.2) is 24.2 Å². The van der Waals surface area contributed by atoms with Crippen LogP contribution in [0.5, 0.6) is 17.2 Å². The van der Waals surface area contributed by atoms with Crippen LogP contribution in [0.15, 0.2) is 36.4 Å². The minimum Gasteiger partial charge on any atom is -0.493 e. The van der Waals surface area contributed by atoms with Crippen LogP contribution in [0, 0.1) is 5.82 Å². The summed E-state index contributed by atoms with van der Waals surface area (Å²) in [5.41, 5.74) is 2.97. The molecule has 0 saturated heterocycles. The van der Waals surface area contributed by atoms with E-state index in [1.165, 1.54) is 23.7 Å². The van der Waals surface area contributed by atoms with E-state index in [2.05, 4.69) is 9.69 Å². The molecular formula is C20H15FN2O4S. The van der Waals surface area contributed by atoms with Crippen molar-refractivity contribution in [3.8, 4) is 28.5 Å². The minimum absolute atomic E-state index is 0.0994. The van der Waals surface area contributed by atoms with Gasteiger partial charge in [-0.15, -0.1) is 0 Å². The van der Waals surface area contributed by atoms with Gasteiger partial charge in [0.2, 0.25) is 18.4 Å². The normalized spacial score (nSPS) is 17.2. The van der Waals surface area contributed by atoms with Crippen molar-refractivity contribution < 1.29 is 23.4 Å². The third-order valence-electron chi connectivity index (χ3n) is 4.89. The van der Waals surface area contributed by atoms with Gasteiger partial charge in [0.25, 0.3) is 0 Å². The lowest BCUT2D eigenvalue weighted by molar-refractivity contribution is -0.116. The number of carbonyl (C=O) groups excluding carboxylic acids is 1. The van der Waals surface area contributed by atoms with Gasteiger partial charge in [0.15, 0.2) is 11.5 Å². The fourth-order valence-corrected chi connectivity index (χ4v) is 4.53. The molecular weight excluding hydrogens is 383 g/mol. The number of hydrogen-bond donors (Lipinski definition) is 1. The van der Waals surface area contributed by atoms with Crippen LogP contribution < -0.4 is 19.5 Å². The highest BCUT2D eigenvalue weighted by molar-refractivity contribution is 7.07. The summed E-state index contributed by atoms with van der Waals surface area (Å²) in [6.07, 6.45) is 0.293. The number of fused-ring (bicyclic) bond motifs is 2. The van der Waals surface area contributed by atoms with Crippen molar-refractivity contribution in [2.75, 3.05) is 19.2 Å². The van der Waals surface area contributed by atoms with Crippen molar-refractivity contribution in [2.45, 2.75) is 12.3 Å². The number of aromatic nitrogens is 1. The molecule has 1 amide bonds. The second-order valence-corrected chi connectivity index (χ2v) is 7.34. The molecule has 8 heteroatoms. The Morgan fingerprint density at radius 2 is 2.07 bits per heavy atom. The summed E-state index contributed by atoms with van der Waals surface area (Å²) >= 11 is 1.33. The van der Waals surface area contributed by atoms with Crippen LogP contribution in [-0.2, 0) is 4.79 Å². The van der Waals surface area contributed by atoms with E-state index in [0.29, 0.717) is 35.1 Å². The van der Waals surface area contributed by atoms with E-state index in [9.17, 15) is 9.18 Å². The molecule has 0 fully saturated rings. The highest BCUT2D eigenvalue weighted by atomic mass is 32.1. The van der Waals surface area contributed by atoms with Crippen LogP contribution >= 0.6 is 11.5 Å². The Bertz CT molecular complexity index is 1080. The SMILES string of the molecule is COc1cc([C@H]2CC(=O)Nc3c(-c4ccc(F)cc4)nsc32)cc2c1OCO2. The van der Waals surface area contributed by atoms with Crippen LogP contribution in [0.3, 0.4) is 0 Å². The quantitative estimate of drug-likeness (QED) is 0.717. The van der Waals surface area contributed by atoms with Gasteiger partial charge in [-0.2, -0.15) is 4.37 Å². The zero-order chi connectivity index (χ0) is 19.3. The van der Waals surface area contributed by atoms with Gasteiger partial charge in [-0.1, -0.05) is 0 Å². The van der Waals surface area contributed by atoms with E-state index in [4.69, 9.17) is 14.2 Å². The van der Waals surface area contributed by atoms with Gasteiger partial charge in [0, 0.05) is 17.9 Å². The lowest BCUT2D eigenvalue weighted by Gasteiger charge is -2.23. The van der Waals surface area contributed by atoms with Crippen LogP contribution in [0.2, 0.25) is 0 Å². The Labute approximate surface area is 164 Å². The molecule has 5 rings (SSSR count). The molecule has 0 radical (unpaired) electrons. The average Bonchev–Trinajstić information content (AvgIpc) is 3.34. The van der Waals surface area contributed by atoms with Crippen molar-refractivity contribution in [3.63, 3.8) is 0 Å². The fraction of sp³-hybridized carbons (Fsp3) is 0.200. The molecule has 28 heavy (non-hydrogen) atoms. The number of nitrogens with one attached hydrogen (secondary N) is 1. The molecule has 3 heterocycles. The topological polar surface area (TPSA) is 69.7 Å². The second kappa shape index (κ2) is 6.49. The fourth-order valence-electron chi connectivity index (χ4n) is 3.56. The number of carbonyl (C=O) groups is 1. The lowest BCUT2D eigenvalue weighted by atomic mass is 9.89. The Kier molecular flexibility index (Phi) is 3.94. The van der Waals surface area contributed by atoms with Crippen molar-refractivity contribution in [1.82, 2.24) is 4.37 Å². The summed E-state index contributed by atoms with van der Waals surface area (Å²) in [4.78, 5) is 13.4. The number of hydrogen-bond acceptors (Lipinski definition) is 6. The number of anilines is 1. The molecule has 0 bridgehead atoms. The highest BCUT2D eigenvalue weighted by Gasteiger charge is 2.33. The van der Waals surface area contributed by atoms with E-state index in [1.54, 1.807) is 19.2 Å². The second-order valence-electron chi connectivity index (χ2n) is 6.54. The van der Waals surface area contributed by atoms with Crippen molar-refractivity contribution in [1.29, 1.82) is 0 Å². The van der Waals surface area contributed by atoms with Gasteiger partial charge in [-0.25, -0.2) is 4.39 Å². The predicted molar refractivity (Wildman–Crippen MR) is 102 cm³/mol. The summed E-state index contributed by atoms with van der Waals surface area (Å²) in [6.45, 7) is 0.140. The van der Waals surface area contributed by atoms with E-state index >= 15 is 0 Å². The van der Waals surface area contributed by atoms with Crippen LogP contribution in [0.4, 0.5) is 10.1 Å². The summed E-state index contributed by atoms with van der Waals surface area (Å²) in [6, 6.07) is 9.83. The molecule has 6 nitrogen and oxygen atoms in total. The average molecular weight is 398 g/mol. The summed E-state index contributed by atoms with van der Waals surface area (Å²) < 4.78 is 34.2. The molecule has 0 aliphatic carbocycles. The number of benzene rings is 2. The maximum absolute atomic E-state index is 13.3. The number of nitrogens with zero attached hydrogens (tertiary/aromatic N) is 1. The molecule has 1 atom stereocenters. The van der Waals surface area contributed by atoms with Crippen LogP contribution in [0.25, 0.3) is 11.3 Å². The number of ether oxygens (including phenoxy) is 3. The monoisotopic (exact) mass is 398 g/mol. The Hall–Kier alpha value is -3.13. The Balaban J connectivity index is 1.61. The van der Waals surface area contributed by atoms with Crippen molar-refractivity contribution in [3.05, 3.63) is 52.7 Å². The first-order valence-electron chi connectivity index (χ1n) is 8.67. The number of methoxy groups -OCH3 is 1. The third-order valence-corrected chi connectivity index (χ3v) is 5.85.